The van der Waals surface area contributed by atoms with Gasteiger partial charge in [-0.25, -0.2) is 4.79 Å². The van der Waals surface area contributed by atoms with Crippen molar-refractivity contribution >= 4 is 26.6 Å². The van der Waals surface area contributed by atoms with Gasteiger partial charge in [-0.1, -0.05) is 5.16 Å². The molecule has 5 nitrogen and oxygen atoms in total. The summed E-state index contributed by atoms with van der Waals surface area (Å²) in [6, 6.07) is 0. The summed E-state index contributed by atoms with van der Waals surface area (Å²) in [7, 11) is 0. The first kappa shape index (κ1) is 13.9. The molecule has 4 fully saturated rings. The summed E-state index contributed by atoms with van der Waals surface area (Å²) < 4.78 is 6.55. The molecule has 0 saturated heterocycles. The monoisotopic (exact) mass is 356 g/mol. The highest BCUT2D eigenvalue weighted by atomic mass is 79.9. The molecule has 1 aliphatic heterocycles. The van der Waals surface area contributed by atoms with Crippen LogP contribution in [0.4, 0.5) is 4.79 Å². The molecule has 5 aliphatic rings. The second-order valence-corrected chi connectivity index (χ2v) is 8.00. The van der Waals surface area contributed by atoms with E-state index in [4.69, 9.17) is 9.57 Å². The Balaban J connectivity index is 1.27. The number of nitrogens with zero attached hydrogens (tertiary/aromatic N) is 1. The van der Waals surface area contributed by atoms with Crippen LogP contribution in [0.5, 0.6) is 0 Å². The fraction of sp³-hybridized carbons (Fsp3) is 0.867. The van der Waals surface area contributed by atoms with E-state index in [2.05, 4.69) is 26.4 Å². The molecule has 6 heteroatoms. The van der Waals surface area contributed by atoms with Gasteiger partial charge in [0.05, 0.1) is 6.54 Å². The molecular weight excluding hydrogens is 336 g/mol. The summed E-state index contributed by atoms with van der Waals surface area (Å²) >= 11 is 3.29. The molecule has 116 valence electrons. The van der Waals surface area contributed by atoms with Crippen molar-refractivity contribution < 1.29 is 14.4 Å². The minimum Gasteiger partial charge on any atom is -0.446 e. The smallest absolute Gasteiger partial charge is 0.407 e. The maximum absolute atomic E-state index is 12.0. The number of alkyl carbamates (subject to hydrolysis) is 1. The second-order valence-electron chi connectivity index (χ2n) is 7.08. The third-order valence-corrected chi connectivity index (χ3v) is 6.02. The molecule has 4 aliphatic carbocycles. The van der Waals surface area contributed by atoms with Gasteiger partial charge in [-0.2, -0.15) is 0 Å². The standard InChI is InChI=1S/C15H21BrN2O3/c16-13-6-12(21-18-13)7-17-15(19)20-14-10-2-8-1-9(4-10)5-11(14)3-8/h8-12,14H,1-7H2,(H,17,19). The van der Waals surface area contributed by atoms with Crippen LogP contribution >= 0.6 is 15.9 Å². The lowest BCUT2D eigenvalue weighted by Crippen LogP contribution is -2.51. The summed E-state index contributed by atoms with van der Waals surface area (Å²) in [6.07, 6.45) is 6.94. The first-order valence-corrected chi connectivity index (χ1v) is 8.79. The Morgan fingerprint density at radius 2 is 1.90 bits per heavy atom. The molecular formula is C15H21BrN2O3. The molecule has 0 spiro atoms. The molecule has 21 heavy (non-hydrogen) atoms. The van der Waals surface area contributed by atoms with Gasteiger partial charge in [0, 0.05) is 6.42 Å². The number of carbonyl (C=O) groups is 1. The molecule has 1 atom stereocenters. The van der Waals surface area contributed by atoms with Crippen molar-refractivity contribution in [1.29, 1.82) is 0 Å². The topological polar surface area (TPSA) is 59.9 Å². The summed E-state index contributed by atoms with van der Waals surface area (Å²) in [6.45, 7) is 0.449. The van der Waals surface area contributed by atoms with E-state index in [1.54, 1.807) is 0 Å². The molecule has 1 N–H and O–H groups in total. The molecule has 5 rings (SSSR count). The van der Waals surface area contributed by atoms with E-state index >= 15 is 0 Å². The molecule has 0 radical (unpaired) electrons. The normalized spacial score (nSPS) is 43.4. The van der Waals surface area contributed by atoms with Crippen molar-refractivity contribution in [2.45, 2.75) is 50.7 Å². The van der Waals surface area contributed by atoms with Crippen molar-refractivity contribution in [2.75, 3.05) is 6.54 Å². The maximum atomic E-state index is 12.0. The second kappa shape index (κ2) is 5.45. The number of amides is 1. The number of ether oxygens (including phenoxy) is 1. The molecule has 0 aromatic carbocycles. The molecule has 0 aromatic rings. The predicted octanol–water partition coefficient (Wildman–Crippen LogP) is 3.03. The van der Waals surface area contributed by atoms with Crippen LogP contribution in [0.3, 0.4) is 0 Å². The summed E-state index contributed by atoms with van der Waals surface area (Å²) in [5, 5.41) is 6.64. The van der Waals surface area contributed by atoms with Crippen molar-refractivity contribution in [3.63, 3.8) is 0 Å². The Labute approximate surface area is 132 Å². The van der Waals surface area contributed by atoms with E-state index in [-0.39, 0.29) is 18.3 Å². The number of hydrogen-bond acceptors (Lipinski definition) is 4. The third kappa shape index (κ3) is 2.79. The van der Waals surface area contributed by atoms with E-state index < -0.39 is 0 Å². The van der Waals surface area contributed by atoms with Gasteiger partial charge in [0.2, 0.25) is 0 Å². The largest absolute Gasteiger partial charge is 0.446 e. The van der Waals surface area contributed by atoms with Crippen molar-refractivity contribution in [2.24, 2.45) is 28.8 Å². The van der Waals surface area contributed by atoms with Crippen molar-refractivity contribution in [3.05, 3.63) is 0 Å². The summed E-state index contributed by atoms with van der Waals surface area (Å²) in [5.41, 5.74) is 0. The molecule has 0 aromatic heterocycles. The molecule has 1 heterocycles. The van der Waals surface area contributed by atoms with E-state index in [9.17, 15) is 4.79 Å². The van der Waals surface area contributed by atoms with Gasteiger partial charge in [-0.15, -0.1) is 0 Å². The summed E-state index contributed by atoms with van der Waals surface area (Å²) in [4.78, 5) is 17.2. The zero-order valence-corrected chi connectivity index (χ0v) is 13.5. The van der Waals surface area contributed by atoms with Crippen LogP contribution in [0, 0.1) is 23.7 Å². The molecule has 4 bridgehead atoms. The first-order valence-electron chi connectivity index (χ1n) is 8.00. The van der Waals surface area contributed by atoms with Crippen LogP contribution in [0.2, 0.25) is 0 Å². The number of rotatable bonds is 3. The van der Waals surface area contributed by atoms with E-state index in [1.165, 1.54) is 32.1 Å². The first-order chi connectivity index (χ1) is 10.2. The van der Waals surface area contributed by atoms with E-state index in [0.717, 1.165) is 16.5 Å². The Hall–Kier alpha value is -0.780. The van der Waals surface area contributed by atoms with Crippen LogP contribution in [0.15, 0.2) is 5.16 Å². The van der Waals surface area contributed by atoms with Crippen LogP contribution in [0.25, 0.3) is 0 Å². The average Bonchev–Trinajstić information content (AvgIpc) is 2.85. The number of oxime groups is 1. The highest BCUT2D eigenvalue weighted by molar-refractivity contribution is 9.18. The van der Waals surface area contributed by atoms with Gasteiger partial charge in [0.15, 0.2) is 6.10 Å². The van der Waals surface area contributed by atoms with Crippen LogP contribution in [-0.4, -0.2) is 29.5 Å². The number of hydrogen-bond donors (Lipinski definition) is 1. The van der Waals surface area contributed by atoms with E-state index in [1.807, 2.05) is 0 Å². The van der Waals surface area contributed by atoms with Gasteiger partial charge in [0.25, 0.3) is 0 Å². The number of nitrogens with one attached hydrogen (secondary N) is 1. The third-order valence-electron chi connectivity index (χ3n) is 5.55. The highest BCUT2D eigenvalue weighted by Gasteiger charge is 2.49. The quantitative estimate of drug-likeness (QED) is 0.845. The fourth-order valence-electron chi connectivity index (χ4n) is 4.93. The summed E-state index contributed by atoms with van der Waals surface area (Å²) in [5.74, 6) is 3.01. The molecule has 1 unspecified atom stereocenters. The highest BCUT2D eigenvalue weighted by Crippen LogP contribution is 2.54. The lowest BCUT2D eigenvalue weighted by Gasteiger charge is -2.53. The maximum Gasteiger partial charge on any atom is 0.407 e. The Kier molecular flexibility index (Phi) is 3.59. The molecule has 1 amide bonds. The van der Waals surface area contributed by atoms with Gasteiger partial charge in [-0.3, -0.25) is 0 Å². The van der Waals surface area contributed by atoms with Gasteiger partial charge >= 0.3 is 6.09 Å². The average molecular weight is 357 g/mol. The van der Waals surface area contributed by atoms with Crippen LogP contribution in [-0.2, 0) is 9.57 Å². The minimum atomic E-state index is -0.293. The number of carbonyl (C=O) groups excluding carboxylic acids is 1. The molecule has 4 saturated carbocycles. The zero-order chi connectivity index (χ0) is 14.4. The SMILES string of the molecule is O=C(NCC1CC(Br)=NO1)OC1C2CC3CC(C2)CC1C3. The lowest BCUT2D eigenvalue weighted by atomic mass is 9.55. The van der Waals surface area contributed by atoms with Gasteiger partial charge < -0.3 is 14.9 Å². The van der Waals surface area contributed by atoms with Crippen molar-refractivity contribution in [3.8, 4) is 0 Å². The van der Waals surface area contributed by atoms with Crippen LogP contribution < -0.4 is 5.32 Å². The Morgan fingerprint density at radius 1 is 1.24 bits per heavy atom. The number of halogens is 1. The van der Waals surface area contributed by atoms with Crippen molar-refractivity contribution in [1.82, 2.24) is 5.32 Å². The van der Waals surface area contributed by atoms with Gasteiger partial charge in [0.1, 0.15) is 10.7 Å². The Bertz CT molecular complexity index is 440. The van der Waals surface area contributed by atoms with Gasteiger partial charge in [-0.05, 0) is 71.7 Å². The Morgan fingerprint density at radius 3 is 2.48 bits per heavy atom. The van der Waals surface area contributed by atoms with E-state index in [0.29, 0.717) is 24.8 Å². The van der Waals surface area contributed by atoms with Crippen LogP contribution in [0.1, 0.15) is 38.5 Å². The zero-order valence-electron chi connectivity index (χ0n) is 12.0. The lowest BCUT2D eigenvalue weighted by molar-refractivity contribution is -0.0964. The fourth-order valence-corrected chi connectivity index (χ4v) is 5.38. The minimum absolute atomic E-state index is 0.0783. The predicted molar refractivity (Wildman–Crippen MR) is 81.2 cm³/mol.